The highest BCUT2D eigenvalue weighted by molar-refractivity contribution is 5.65. The number of ether oxygens (including phenoxy) is 1. The van der Waals surface area contributed by atoms with Crippen molar-refractivity contribution in [1.82, 2.24) is 25.1 Å². The number of aryl methyl sites for hydroxylation is 1. The molecule has 0 spiro atoms. The molecule has 7 heteroatoms. The van der Waals surface area contributed by atoms with Gasteiger partial charge in [-0.3, -0.25) is 10.1 Å². The van der Waals surface area contributed by atoms with Crippen LogP contribution in [0.3, 0.4) is 0 Å². The average Bonchev–Trinajstić information content (AvgIpc) is 3.33. The fourth-order valence-electron chi connectivity index (χ4n) is 3.31. The van der Waals surface area contributed by atoms with Crippen LogP contribution < -0.4 is 10.1 Å². The molecule has 0 amide bonds. The molecule has 0 aliphatic carbocycles. The van der Waals surface area contributed by atoms with E-state index in [0.717, 1.165) is 45.2 Å². The molecular formula is C23H24N6O. The smallest absolute Gasteiger partial charge is 0.129 e. The predicted octanol–water partition coefficient (Wildman–Crippen LogP) is 4.46. The van der Waals surface area contributed by atoms with Crippen LogP contribution >= 0.6 is 0 Å². The number of rotatable bonds is 7. The van der Waals surface area contributed by atoms with E-state index < -0.39 is 0 Å². The normalized spacial score (nSPS) is 11.8. The van der Waals surface area contributed by atoms with Gasteiger partial charge in [0.15, 0.2) is 0 Å². The number of nitrogens with zero attached hydrogens (tertiary/aromatic N) is 4. The van der Waals surface area contributed by atoms with Gasteiger partial charge in [0.1, 0.15) is 17.9 Å². The van der Waals surface area contributed by atoms with Gasteiger partial charge < -0.3 is 10.1 Å². The molecule has 3 heterocycles. The Balaban J connectivity index is 1.47. The fraction of sp³-hybridized carbons (Fsp3) is 0.217. The average molecular weight is 400 g/mol. The molecule has 0 fully saturated rings. The van der Waals surface area contributed by atoms with Gasteiger partial charge in [-0.15, -0.1) is 0 Å². The summed E-state index contributed by atoms with van der Waals surface area (Å²) < 4.78 is 5.65. The quantitative estimate of drug-likeness (QED) is 0.476. The topological polar surface area (TPSA) is 88.6 Å². The maximum atomic E-state index is 5.65. The third kappa shape index (κ3) is 4.30. The maximum Gasteiger partial charge on any atom is 0.129 e. The first kappa shape index (κ1) is 19.6. The van der Waals surface area contributed by atoms with Crippen molar-refractivity contribution in [3.63, 3.8) is 0 Å². The lowest BCUT2D eigenvalue weighted by molar-refractivity contribution is 0.407. The van der Waals surface area contributed by atoms with E-state index in [2.05, 4.69) is 49.5 Å². The minimum Gasteiger partial charge on any atom is -0.496 e. The first-order valence-corrected chi connectivity index (χ1v) is 9.80. The van der Waals surface area contributed by atoms with Crippen molar-refractivity contribution in [2.45, 2.75) is 19.8 Å². The molecule has 0 bridgehead atoms. The van der Waals surface area contributed by atoms with Crippen molar-refractivity contribution in [3.05, 3.63) is 72.6 Å². The predicted molar refractivity (Wildman–Crippen MR) is 117 cm³/mol. The molecule has 0 saturated carbocycles. The van der Waals surface area contributed by atoms with Gasteiger partial charge in [-0.25, -0.2) is 9.97 Å². The number of hydrogen-bond acceptors (Lipinski definition) is 6. The van der Waals surface area contributed by atoms with Crippen LogP contribution in [0.1, 0.15) is 24.1 Å². The second kappa shape index (κ2) is 8.73. The van der Waals surface area contributed by atoms with Crippen molar-refractivity contribution in [2.24, 2.45) is 0 Å². The number of H-pyrrole nitrogens is 1. The molecule has 152 valence electrons. The third-order valence-electron chi connectivity index (χ3n) is 5.06. The van der Waals surface area contributed by atoms with E-state index in [-0.39, 0.29) is 5.92 Å². The van der Waals surface area contributed by atoms with Crippen LogP contribution in [0.15, 0.2) is 61.3 Å². The van der Waals surface area contributed by atoms with Gasteiger partial charge in [0.25, 0.3) is 0 Å². The lowest BCUT2D eigenvalue weighted by atomic mass is 9.97. The first-order chi connectivity index (χ1) is 14.6. The molecule has 4 rings (SSSR count). The van der Waals surface area contributed by atoms with Gasteiger partial charge >= 0.3 is 0 Å². The first-order valence-electron chi connectivity index (χ1n) is 9.80. The molecule has 3 aromatic heterocycles. The zero-order valence-electron chi connectivity index (χ0n) is 17.3. The minimum absolute atomic E-state index is 0.220. The van der Waals surface area contributed by atoms with Crippen LogP contribution in [0, 0.1) is 6.92 Å². The number of methoxy groups -OCH3 is 1. The van der Waals surface area contributed by atoms with E-state index in [1.807, 2.05) is 43.6 Å². The molecule has 0 aliphatic rings. The van der Waals surface area contributed by atoms with Crippen molar-refractivity contribution in [2.75, 3.05) is 19.0 Å². The number of pyridine rings is 1. The van der Waals surface area contributed by atoms with Gasteiger partial charge in [-0.05, 0) is 36.2 Å². The Morgan fingerprint density at radius 1 is 1.00 bits per heavy atom. The summed E-state index contributed by atoms with van der Waals surface area (Å²) in [7, 11) is 1.70. The van der Waals surface area contributed by atoms with Gasteiger partial charge in [0.05, 0.1) is 19.0 Å². The Bertz CT molecular complexity index is 1110. The molecule has 4 aromatic rings. The summed E-state index contributed by atoms with van der Waals surface area (Å²) in [5, 5.41) is 10.3. The Morgan fingerprint density at radius 3 is 2.60 bits per heavy atom. The highest BCUT2D eigenvalue weighted by atomic mass is 16.5. The van der Waals surface area contributed by atoms with Crippen molar-refractivity contribution >= 4 is 5.82 Å². The Hall–Kier alpha value is -3.74. The zero-order valence-corrected chi connectivity index (χ0v) is 17.3. The third-order valence-corrected chi connectivity index (χ3v) is 5.06. The van der Waals surface area contributed by atoms with Crippen molar-refractivity contribution in [3.8, 4) is 28.1 Å². The molecule has 0 saturated heterocycles. The van der Waals surface area contributed by atoms with Crippen molar-refractivity contribution in [1.29, 1.82) is 0 Å². The van der Waals surface area contributed by atoms with E-state index in [1.54, 1.807) is 19.6 Å². The molecule has 0 radical (unpaired) electrons. The highest BCUT2D eigenvalue weighted by Gasteiger charge is 2.14. The molecule has 7 nitrogen and oxygen atoms in total. The number of anilines is 1. The standard InChI is InChI=1S/C23H24N6O/c1-15(20-7-6-17(8-22(20)30-3)19-12-28-29-13-19)10-25-23-9-21(26-14-27-23)18-5-4-16(2)24-11-18/h4-9,11-15H,10H2,1-3H3,(H,28,29)(H,25,26,27). The Kier molecular flexibility index (Phi) is 5.70. The monoisotopic (exact) mass is 400 g/mol. The van der Waals surface area contributed by atoms with Crippen LogP contribution in [0.25, 0.3) is 22.4 Å². The molecule has 2 N–H and O–H groups in total. The Morgan fingerprint density at radius 2 is 1.87 bits per heavy atom. The molecule has 1 unspecified atom stereocenters. The van der Waals surface area contributed by atoms with Crippen LogP contribution in [-0.4, -0.2) is 38.8 Å². The summed E-state index contributed by atoms with van der Waals surface area (Å²) in [6.45, 7) is 4.84. The van der Waals surface area contributed by atoms with Gasteiger partial charge in [0.2, 0.25) is 0 Å². The fourth-order valence-corrected chi connectivity index (χ4v) is 3.31. The summed E-state index contributed by atoms with van der Waals surface area (Å²) in [6, 6.07) is 12.2. The number of nitrogens with one attached hydrogen (secondary N) is 2. The molecule has 0 aliphatic heterocycles. The van der Waals surface area contributed by atoms with E-state index in [0.29, 0.717) is 6.54 Å². The number of hydrogen-bond donors (Lipinski definition) is 2. The highest BCUT2D eigenvalue weighted by Crippen LogP contribution is 2.31. The SMILES string of the molecule is COc1cc(-c2cn[nH]c2)ccc1C(C)CNc1cc(-c2ccc(C)nc2)ncn1. The van der Waals surface area contributed by atoms with E-state index in [4.69, 9.17) is 4.74 Å². The van der Waals surface area contributed by atoms with Crippen molar-refractivity contribution < 1.29 is 4.74 Å². The molecule has 1 aromatic carbocycles. The minimum atomic E-state index is 0.220. The number of aromatic amines is 1. The molecule has 1 atom stereocenters. The Labute approximate surface area is 175 Å². The van der Waals surface area contributed by atoms with Crippen LogP contribution in [0.4, 0.5) is 5.82 Å². The summed E-state index contributed by atoms with van der Waals surface area (Å²) in [4.78, 5) is 13.1. The van der Waals surface area contributed by atoms with E-state index in [9.17, 15) is 0 Å². The molecular weight excluding hydrogens is 376 g/mol. The summed E-state index contributed by atoms with van der Waals surface area (Å²) in [5.74, 6) is 1.86. The number of aromatic nitrogens is 5. The van der Waals surface area contributed by atoms with Crippen LogP contribution in [0.5, 0.6) is 5.75 Å². The summed E-state index contributed by atoms with van der Waals surface area (Å²) in [5.41, 5.74) is 6.02. The second-order valence-electron chi connectivity index (χ2n) is 7.20. The largest absolute Gasteiger partial charge is 0.496 e. The lowest BCUT2D eigenvalue weighted by Gasteiger charge is -2.18. The number of benzene rings is 1. The van der Waals surface area contributed by atoms with Gasteiger partial charge in [-0.1, -0.05) is 19.1 Å². The summed E-state index contributed by atoms with van der Waals surface area (Å²) >= 11 is 0. The maximum absolute atomic E-state index is 5.65. The zero-order chi connectivity index (χ0) is 20.9. The lowest BCUT2D eigenvalue weighted by Crippen LogP contribution is -2.12. The van der Waals surface area contributed by atoms with Gasteiger partial charge in [-0.2, -0.15) is 5.10 Å². The van der Waals surface area contributed by atoms with Gasteiger partial charge in [0, 0.05) is 47.7 Å². The second-order valence-corrected chi connectivity index (χ2v) is 7.20. The van der Waals surface area contributed by atoms with E-state index >= 15 is 0 Å². The van der Waals surface area contributed by atoms with E-state index in [1.165, 1.54) is 0 Å². The van der Waals surface area contributed by atoms with Crippen LogP contribution in [-0.2, 0) is 0 Å². The molecule has 30 heavy (non-hydrogen) atoms. The summed E-state index contributed by atoms with van der Waals surface area (Å²) in [6.07, 6.45) is 7.07. The van der Waals surface area contributed by atoms with Crippen LogP contribution in [0.2, 0.25) is 0 Å².